The highest BCUT2D eigenvalue weighted by Gasteiger charge is 2.20. The van der Waals surface area contributed by atoms with Gasteiger partial charge in [0, 0.05) is 32.2 Å². The van der Waals surface area contributed by atoms with E-state index in [4.69, 9.17) is 0 Å². The molecule has 2 aromatic heterocycles. The minimum Gasteiger partial charge on any atom is -0.325 e. The Kier molecular flexibility index (Phi) is 7.75. The number of aryl methyl sites for hydroxylation is 2. The molecule has 2 N–H and O–H groups in total. The number of sulfone groups is 1. The second-order valence-corrected chi connectivity index (χ2v) is 10.8. The largest absolute Gasteiger partial charge is 0.330 e. The van der Waals surface area contributed by atoms with Gasteiger partial charge in [-0.3, -0.25) is 19.1 Å². The summed E-state index contributed by atoms with van der Waals surface area (Å²) in [6.07, 6.45) is 2.96. The fourth-order valence-electron chi connectivity index (χ4n) is 3.83. The molecule has 0 aliphatic rings. The van der Waals surface area contributed by atoms with Gasteiger partial charge in [0.1, 0.15) is 5.82 Å². The van der Waals surface area contributed by atoms with Gasteiger partial charge in [0.15, 0.2) is 21.0 Å². The highest BCUT2D eigenvalue weighted by molar-refractivity contribution is 7.90. The second-order valence-electron chi connectivity index (χ2n) is 8.79. The van der Waals surface area contributed by atoms with Gasteiger partial charge in [-0.25, -0.2) is 18.2 Å². The van der Waals surface area contributed by atoms with Crippen LogP contribution in [0.3, 0.4) is 0 Å². The van der Waals surface area contributed by atoms with Crippen molar-refractivity contribution in [3.63, 3.8) is 0 Å². The van der Waals surface area contributed by atoms with Gasteiger partial charge in [-0.15, -0.1) is 0 Å². The number of nitrogens with zero attached hydrogens (tertiary/aromatic N) is 3. The van der Waals surface area contributed by atoms with Crippen molar-refractivity contribution in [2.24, 2.45) is 5.92 Å². The van der Waals surface area contributed by atoms with Gasteiger partial charge in [-0.05, 0) is 24.5 Å². The Morgan fingerprint density at radius 1 is 1.18 bits per heavy atom. The SMILES string of the molecule is CCCCn1c(=O)[nH]c(=O)c2c1nc(CCC(=O)Nc1ccccc1S(C)(=O)=O)n2CC(C)C. The first kappa shape index (κ1) is 25.4. The van der Waals surface area contributed by atoms with E-state index in [0.717, 1.165) is 19.1 Å². The smallest absolute Gasteiger partial charge is 0.325 e. The van der Waals surface area contributed by atoms with Crippen LogP contribution in [0.4, 0.5) is 5.69 Å². The molecule has 10 nitrogen and oxygen atoms in total. The number of H-pyrrole nitrogens is 1. The Morgan fingerprint density at radius 2 is 1.88 bits per heavy atom. The van der Waals surface area contributed by atoms with Crippen LogP contribution in [0.15, 0.2) is 38.8 Å². The number of fused-ring (bicyclic) bond motifs is 1. The maximum absolute atomic E-state index is 12.7. The first-order valence-corrected chi connectivity index (χ1v) is 13.2. The van der Waals surface area contributed by atoms with Crippen molar-refractivity contribution in [1.82, 2.24) is 19.1 Å². The highest BCUT2D eigenvalue weighted by atomic mass is 32.2. The number of rotatable bonds is 10. The average Bonchev–Trinajstić information content (AvgIpc) is 3.09. The Labute approximate surface area is 197 Å². The monoisotopic (exact) mass is 489 g/mol. The van der Waals surface area contributed by atoms with Crippen LogP contribution in [0.1, 0.15) is 45.9 Å². The molecule has 0 atom stereocenters. The van der Waals surface area contributed by atoms with Crippen LogP contribution in [0, 0.1) is 5.92 Å². The van der Waals surface area contributed by atoms with E-state index in [2.05, 4.69) is 15.3 Å². The Balaban J connectivity index is 1.94. The number of carbonyl (C=O) groups is 1. The Bertz CT molecular complexity index is 1420. The van der Waals surface area contributed by atoms with E-state index in [0.29, 0.717) is 30.1 Å². The molecule has 0 radical (unpaired) electrons. The van der Waals surface area contributed by atoms with Gasteiger partial charge < -0.3 is 9.88 Å². The predicted octanol–water partition coefficient (Wildman–Crippen LogP) is 2.32. The van der Waals surface area contributed by atoms with Gasteiger partial charge in [-0.1, -0.05) is 39.3 Å². The van der Waals surface area contributed by atoms with E-state index < -0.39 is 21.1 Å². The molecule has 0 aliphatic heterocycles. The molecule has 11 heteroatoms. The molecule has 184 valence electrons. The van der Waals surface area contributed by atoms with E-state index in [9.17, 15) is 22.8 Å². The number of anilines is 1. The number of unbranched alkanes of at least 4 members (excludes halogenated alkanes) is 1. The van der Waals surface area contributed by atoms with Crippen LogP contribution in [0.25, 0.3) is 11.2 Å². The Morgan fingerprint density at radius 3 is 2.53 bits per heavy atom. The van der Waals surface area contributed by atoms with E-state index in [1.165, 1.54) is 16.7 Å². The fraction of sp³-hybridized carbons (Fsp3) is 0.478. The minimum atomic E-state index is -3.51. The summed E-state index contributed by atoms with van der Waals surface area (Å²) in [6.45, 7) is 6.96. The van der Waals surface area contributed by atoms with Crippen molar-refractivity contribution in [3.05, 3.63) is 50.9 Å². The highest BCUT2D eigenvalue weighted by Crippen LogP contribution is 2.21. The molecule has 0 spiro atoms. The lowest BCUT2D eigenvalue weighted by atomic mass is 10.2. The van der Waals surface area contributed by atoms with Crippen molar-refractivity contribution in [2.75, 3.05) is 11.6 Å². The average molecular weight is 490 g/mol. The molecule has 3 aromatic rings. The van der Waals surface area contributed by atoms with Gasteiger partial charge in [0.25, 0.3) is 5.56 Å². The number of carbonyl (C=O) groups excluding carboxylic acids is 1. The summed E-state index contributed by atoms with van der Waals surface area (Å²) in [4.78, 5) is 44.8. The quantitative estimate of drug-likeness (QED) is 0.449. The molecular formula is C23H31N5O5S. The lowest BCUT2D eigenvalue weighted by molar-refractivity contribution is -0.116. The second kappa shape index (κ2) is 10.4. The van der Waals surface area contributed by atoms with Gasteiger partial charge in [0.05, 0.1) is 10.6 Å². The molecule has 0 saturated carbocycles. The van der Waals surface area contributed by atoms with Crippen LogP contribution < -0.4 is 16.6 Å². The maximum atomic E-state index is 12.7. The van der Waals surface area contributed by atoms with Crippen LogP contribution in [-0.2, 0) is 34.1 Å². The molecule has 1 aromatic carbocycles. The third-order valence-electron chi connectivity index (χ3n) is 5.38. The molecule has 2 heterocycles. The zero-order chi connectivity index (χ0) is 25.0. The third-order valence-corrected chi connectivity index (χ3v) is 6.54. The molecule has 34 heavy (non-hydrogen) atoms. The number of hydrogen-bond acceptors (Lipinski definition) is 6. The van der Waals surface area contributed by atoms with Gasteiger partial charge in [0.2, 0.25) is 5.91 Å². The van der Waals surface area contributed by atoms with Crippen molar-refractivity contribution < 1.29 is 13.2 Å². The van der Waals surface area contributed by atoms with Crippen LogP contribution in [0.2, 0.25) is 0 Å². The molecule has 0 unspecified atom stereocenters. The molecule has 3 rings (SSSR count). The molecule has 1 amide bonds. The predicted molar refractivity (Wildman–Crippen MR) is 131 cm³/mol. The number of imidazole rings is 1. The summed E-state index contributed by atoms with van der Waals surface area (Å²) in [5.41, 5.74) is -0.140. The summed E-state index contributed by atoms with van der Waals surface area (Å²) in [6, 6.07) is 6.22. The van der Waals surface area contributed by atoms with E-state index in [1.807, 2.05) is 20.8 Å². The summed E-state index contributed by atoms with van der Waals surface area (Å²) in [5.74, 6) is 0.343. The summed E-state index contributed by atoms with van der Waals surface area (Å²) < 4.78 is 27.3. The number of nitrogens with one attached hydrogen (secondary N) is 2. The number of aromatic nitrogens is 4. The molecule has 0 aliphatic carbocycles. The van der Waals surface area contributed by atoms with Crippen LogP contribution in [-0.4, -0.2) is 39.7 Å². The maximum Gasteiger partial charge on any atom is 0.330 e. The number of amides is 1. The lowest BCUT2D eigenvalue weighted by Crippen LogP contribution is -2.31. The van der Waals surface area contributed by atoms with Crippen molar-refractivity contribution in [1.29, 1.82) is 0 Å². The molecular weight excluding hydrogens is 458 g/mol. The standard InChI is InChI=1S/C23H31N5O5S/c1-5-6-13-27-21-20(22(30)26-23(27)31)28(14-15(2)3)18(25-21)11-12-19(29)24-16-9-7-8-10-17(16)34(4,32)33/h7-10,15H,5-6,11-14H2,1-4H3,(H,24,29)(H,26,30,31). The van der Waals surface area contributed by atoms with E-state index in [-0.39, 0.29) is 35.2 Å². The van der Waals surface area contributed by atoms with E-state index in [1.54, 1.807) is 16.7 Å². The third kappa shape index (κ3) is 5.64. The number of hydrogen-bond donors (Lipinski definition) is 2. The van der Waals surface area contributed by atoms with Crippen molar-refractivity contribution in [2.45, 2.75) is 64.4 Å². The van der Waals surface area contributed by atoms with Gasteiger partial charge >= 0.3 is 5.69 Å². The van der Waals surface area contributed by atoms with Gasteiger partial charge in [-0.2, -0.15) is 0 Å². The Hall–Kier alpha value is -3.21. The lowest BCUT2D eigenvalue weighted by Gasteiger charge is -2.12. The summed E-state index contributed by atoms with van der Waals surface area (Å²) >= 11 is 0. The fourth-order valence-corrected chi connectivity index (χ4v) is 4.67. The number of aromatic amines is 1. The van der Waals surface area contributed by atoms with Crippen molar-refractivity contribution in [3.8, 4) is 0 Å². The van der Waals surface area contributed by atoms with E-state index >= 15 is 0 Å². The summed E-state index contributed by atoms with van der Waals surface area (Å²) in [7, 11) is -3.51. The first-order chi connectivity index (χ1) is 16.0. The molecule has 0 bridgehead atoms. The van der Waals surface area contributed by atoms with Crippen LogP contribution >= 0.6 is 0 Å². The minimum absolute atomic E-state index is 0.0244. The van der Waals surface area contributed by atoms with Crippen LogP contribution in [0.5, 0.6) is 0 Å². The zero-order valence-corrected chi connectivity index (χ0v) is 20.7. The molecule has 0 saturated heterocycles. The normalized spacial score (nSPS) is 11.9. The number of benzene rings is 1. The summed E-state index contributed by atoms with van der Waals surface area (Å²) in [5, 5.41) is 2.66. The zero-order valence-electron chi connectivity index (χ0n) is 19.9. The topological polar surface area (TPSA) is 136 Å². The number of para-hydroxylation sites is 1. The van der Waals surface area contributed by atoms with Crippen molar-refractivity contribution >= 4 is 32.6 Å². The molecule has 0 fully saturated rings. The first-order valence-electron chi connectivity index (χ1n) is 11.3.